The first-order chi connectivity index (χ1) is 11.0. The van der Waals surface area contributed by atoms with Crippen molar-refractivity contribution in [3.8, 4) is 11.5 Å². The Kier molecular flexibility index (Phi) is 4.98. The molecule has 2 aromatic carbocycles. The Hall–Kier alpha value is -3.29. The van der Waals surface area contributed by atoms with Crippen LogP contribution in [0.5, 0.6) is 11.5 Å². The number of para-hydroxylation sites is 2. The van der Waals surface area contributed by atoms with Gasteiger partial charge in [-0.05, 0) is 18.2 Å². The highest BCUT2D eigenvalue weighted by molar-refractivity contribution is 6.01. The standard InChI is InChI=1S/C15H15N3O5/c1-22-13-8-7-10(9-14(13)23-2)16-15(19)17-11-5-3-4-6-12(11)18(20)21/h3-9H,1-2H3,(H2,16,17,19). The third-order valence-corrected chi connectivity index (χ3v) is 2.99. The third-order valence-electron chi connectivity index (χ3n) is 2.99. The van der Waals surface area contributed by atoms with Gasteiger partial charge in [-0.25, -0.2) is 4.79 Å². The molecule has 0 spiro atoms. The maximum Gasteiger partial charge on any atom is 0.323 e. The van der Waals surface area contributed by atoms with Gasteiger partial charge in [0, 0.05) is 17.8 Å². The summed E-state index contributed by atoms with van der Waals surface area (Å²) in [5, 5.41) is 15.9. The van der Waals surface area contributed by atoms with E-state index in [9.17, 15) is 14.9 Å². The molecular weight excluding hydrogens is 302 g/mol. The van der Waals surface area contributed by atoms with E-state index >= 15 is 0 Å². The van der Waals surface area contributed by atoms with Gasteiger partial charge in [-0.3, -0.25) is 10.1 Å². The van der Waals surface area contributed by atoms with E-state index in [1.165, 1.54) is 32.4 Å². The van der Waals surface area contributed by atoms with Crippen LogP contribution in [0, 0.1) is 10.1 Å². The van der Waals surface area contributed by atoms with Crippen LogP contribution in [0.2, 0.25) is 0 Å². The number of nitro benzene ring substituents is 1. The summed E-state index contributed by atoms with van der Waals surface area (Å²) in [6.07, 6.45) is 0. The molecule has 2 N–H and O–H groups in total. The molecule has 8 nitrogen and oxygen atoms in total. The van der Waals surface area contributed by atoms with Crippen molar-refractivity contribution in [2.45, 2.75) is 0 Å². The van der Waals surface area contributed by atoms with Gasteiger partial charge in [0.2, 0.25) is 0 Å². The van der Waals surface area contributed by atoms with Crippen molar-refractivity contribution in [1.29, 1.82) is 0 Å². The smallest absolute Gasteiger partial charge is 0.323 e. The maximum absolute atomic E-state index is 12.0. The van der Waals surface area contributed by atoms with Gasteiger partial charge in [0.05, 0.1) is 19.1 Å². The van der Waals surface area contributed by atoms with Crippen LogP contribution >= 0.6 is 0 Å². The summed E-state index contributed by atoms with van der Waals surface area (Å²) < 4.78 is 10.2. The molecule has 0 saturated carbocycles. The lowest BCUT2D eigenvalue weighted by atomic mass is 10.2. The average Bonchev–Trinajstić information content (AvgIpc) is 2.54. The number of methoxy groups -OCH3 is 2. The van der Waals surface area contributed by atoms with Gasteiger partial charge in [-0.15, -0.1) is 0 Å². The van der Waals surface area contributed by atoms with E-state index in [4.69, 9.17) is 9.47 Å². The number of nitro groups is 1. The number of nitrogens with zero attached hydrogens (tertiary/aromatic N) is 1. The van der Waals surface area contributed by atoms with Crippen molar-refractivity contribution in [3.05, 3.63) is 52.6 Å². The molecule has 0 saturated heterocycles. The highest BCUT2D eigenvalue weighted by Crippen LogP contribution is 2.30. The molecule has 120 valence electrons. The number of nitrogens with one attached hydrogen (secondary N) is 2. The highest BCUT2D eigenvalue weighted by atomic mass is 16.6. The summed E-state index contributed by atoms with van der Waals surface area (Å²) in [6, 6.07) is 10.1. The Morgan fingerprint density at radius 3 is 2.39 bits per heavy atom. The van der Waals surface area contributed by atoms with Crippen LogP contribution in [0.4, 0.5) is 21.9 Å². The lowest BCUT2D eigenvalue weighted by molar-refractivity contribution is -0.383. The molecule has 0 fully saturated rings. The van der Waals surface area contributed by atoms with E-state index in [-0.39, 0.29) is 11.4 Å². The number of carbonyl (C=O) groups excluding carboxylic acids is 1. The predicted molar refractivity (Wildman–Crippen MR) is 85.3 cm³/mol. The Morgan fingerprint density at radius 2 is 1.74 bits per heavy atom. The normalized spacial score (nSPS) is 9.83. The summed E-state index contributed by atoms with van der Waals surface area (Å²) in [4.78, 5) is 22.3. The minimum absolute atomic E-state index is 0.107. The van der Waals surface area contributed by atoms with Crippen LogP contribution in [0.25, 0.3) is 0 Å². The van der Waals surface area contributed by atoms with Crippen molar-refractivity contribution in [1.82, 2.24) is 0 Å². The molecule has 0 aromatic heterocycles. The van der Waals surface area contributed by atoms with Gasteiger partial charge in [0.15, 0.2) is 11.5 Å². The van der Waals surface area contributed by atoms with Crippen LogP contribution in [-0.4, -0.2) is 25.2 Å². The first-order valence-corrected chi connectivity index (χ1v) is 6.58. The molecule has 2 rings (SSSR count). The van der Waals surface area contributed by atoms with Crippen molar-refractivity contribution in [2.75, 3.05) is 24.9 Å². The number of rotatable bonds is 5. The third kappa shape index (κ3) is 3.88. The van der Waals surface area contributed by atoms with Gasteiger partial charge >= 0.3 is 6.03 Å². The second-order valence-corrected chi connectivity index (χ2v) is 4.42. The topological polar surface area (TPSA) is 103 Å². The molecule has 0 unspecified atom stereocenters. The summed E-state index contributed by atoms with van der Waals surface area (Å²) in [5.74, 6) is 0.980. The Balaban J connectivity index is 2.13. The van der Waals surface area contributed by atoms with E-state index in [1.807, 2.05) is 0 Å². The van der Waals surface area contributed by atoms with Gasteiger partial charge in [0.1, 0.15) is 5.69 Å². The van der Waals surface area contributed by atoms with Crippen LogP contribution < -0.4 is 20.1 Å². The van der Waals surface area contributed by atoms with E-state index in [1.54, 1.807) is 24.3 Å². The monoisotopic (exact) mass is 317 g/mol. The molecular formula is C15H15N3O5. The van der Waals surface area contributed by atoms with Gasteiger partial charge in [-0.2, -0.15) is 0 Å². The van der Waals surface area contributed by atoms with Crippen LogP contribution in [0.3, 0.4) is 0 Å². The maximum atomic E-state index is 12.0. The first kappa shape index (κ1) is 16.1. The predicted octanol–water partition coefficient (Wildman–Crippen LogP) is 3.26. The molecule has 0 aliphatic heterocycles. The zero-order valence-corrected chi connectivity index (χ0v) is 12.5. The fourth-order valence-corrected chi connectivity index (χ4v) is 1.94. The fraction of sp³-hybridized carbons (Fsp3) is 0.133. The minimum atomic E-state index is -0.605. The molecule has 2 aromatic rings. The molecule has 0 heterocycles. The molecule has 0 bridgehead atoms. The van der Waals surface area contributed by atoms with Gasteiger partial charge < -0.3 is 20.1 Å². The number of amides is 2. The number of urea groups is 1. The average molecular weight is 317 g/mol. The van der Waals surface area contributed by atoms with E-state index < -0.39 is 11.0 Å². The van der Waals surface area contributed by atoms with Crippen molar-refractivity contribution >= 4 is 23.1 Å². The molecule has 0 atom stereocenters. The van der Waals surface area contributed by atoms with Crippen molar-refractivity contribution in [2.24, 2.45) is 0 Å². The van der Waals surface area contributed by atoms with E-state index in [0.717, 1.165) is 0 Å². The van der Waals surface area contributed by atoms with Crippen LogP contribution in [-0.2, 0) is 0 Å². The van der Waals surface area contributed by atoms with E-state index in [2.05, 4.69) is 10.6 Å². The summed E-state index contributed by atoms with van der Waals surface area (Å²) in [6.45, 7) is 0. The van der Waals surface area contributed by atoms with Crippen LogP contribution in [0.15, 0.2) is 42.5 Å². The molecule has 0 aliphatic rings. The zero-order valence-electron chi connectivity index (χ0n) is 12.5. The molecule has 8 heteroatoms. The first-order valence-electron chi connectivity index (χ1n) is 6.58. The summed E-state index contributed by atoms with van der Waals surface area (Å²) >= 11 is 0. The largest absolute Gasteiger partial charge is 0.493 e. The molecule has 0 aliphatic carbocycles. The summed E-state index contributed by atoms with van der Waals surface area (Å²) in [7, 11) is 2.99. The number of ether oxygens (including phenoxy) is 2. The Labute approximate surface area is 132 Å². The minimum Gasteiger partial charge on any atom is -0.493 e. The molecule has 2 amide bonds. The Bertz CT molecular complexity index is 733. The van der Waals surface area contributed by atoms with Crippen LogP contribution in [0.1, 0.15) is 0 Å². The lowest BCUT2D eigenvalue weighted by Crippen LogP contribution is -2.20. The van der Waals surface area contributed by atoms with Crippen molar-refractivity contribution in [3.63, 3.8) is 0 Å². The second kappa shape index (κ2) is 7.12. The van der Waals surface area contributed by atoms with E-state index in [0.29, 0.717) is 17.2 Å². The SMILES string of the molecule is COc1ccc(NC(=O)Nc2ccccc2[N+](=O)[O-])cc1OC. The lowest BCUT2D eigenvalue weighted by Gasteiger charge is -2.11. The highest BCUT2D eigenvalue weighted by Gasteiger charge is 2.15. The Morgan fingerprint density at radius 1 is 1.04 bits per heavy atom. The number of anilines is 2. The fourth-order valence-electron chi connectivity index (χ4n) is 1.94. The summed E-state index contributed by atoms with van der Waals surface area (Å²) in [5.41, 5.74) is 0.379. The second-order valence-electron chi connectivity index (χ2n) is 4.42. The molecule has 23 heavy (non-hydrogen) atoms. The number of benzene rings is 2. The number of hydrogen-bond donors (Lipinski definition) is 2. The van der Waals surface area contributed by atoms with Gasteiger partial charge in [-0.1, -0.05) is 12.1 Å². The van der Waals surface area contributed by atoms with Crippen molar-refractivity contribution < 1.29 is 19.2 Å². The molecule has 0 radical (unpaired) electrons. The quantitative estimate of drug-likeness (QED) is 0.651. The zero-order chi connectivity index (χ0) is 16.8. The van der Waals surface area contributed by atoms with Gasteiger partial charge in [0.25, 0.3) is 5.69 Å². The number of hydrogen-bond acceptors (Lipinski definition) is 5. The number of carbonyl (C=O) groups is 1.